The zero-order valence-corrected chi connectivity index (χ0v) is 12.9. The van der Waals surface area contributed by atoms with E-state index in [2.05, 4.69) is 9.97 Å². The maximum Gasteiger partial charge on any atom is 0.250 e. The molecule has 1 N–H and O–H groups in total. The molecule has 7 nitrogen and oxygen atoms in total. The lowest BCUT2D eigenvalue weighted by molar-refractivity contribution is -0.00537. The van der Waals surface area contributed by atoms with Gasteiger partial charge in [0.2, 0.25) is 10.0 Å². The van der Waals surface area contributed by atoms with E-state index in [0.717, 1.165) is 0 Å². The Kier molecular flexibility index (Phi) is 5.49. The van der Waals surface area contributed by atoms with Crippen molar-refractivity contribution in [2.45, 2.75) is 32.3 Å². The summed E-state index contributed by atoms with van der Waals surface area (Å²) in [6.07, 6.45) is 3.08. The number of aromatic nitrogens is 2. The van der Waals surface area contributed by atoms with Crippen LogP contribution in [0.3, 0.4) is 0 Å². The summed E-state index contributed by atoms with van der Waals surface area (Å²) in [7, 11) is -3.17. The lowest BCUT2D eigenvalue weighted by Crippen LogP contribution is -2.46. The number of sulfonamides is 1. The Balaban J connectivity index is 1.91. The molecule has 2 rings (SSSR count). The molecule has 1 aliphatic rings. The molecule has 0 bridgehead atoms. The van der Waals surface area contributed by atoms with Crippen molar-refractivity contribution in [1.82, 2.24) is 14.3 Å². The lowest BCUT2D eigenvalue weighted by atomic mass is 10.1. The molecule has 1 atom stereocenters. The van der Waals surface area contributed by atoms with E-state index < -0.39 is 10.0 Å². The van der Waals surface area contributed by atoms with Gasteiger partial charge in [0, 0.05) is 24.8 Å². The van der Waals surface area contributed by atoms with Crippen LogP contribution in [0.1, 0.15) is 25.5 Å². The highest BCUT2D eigenvalue weighted by molar-refractivity contribution is 7.89. The number of hydrogen-bond donors (Lipinski definition) is 1. The number of aromatic amines is 1. The second kappa shape index (κ2) is 7.15. The van der Waals surface area contributed by atoms with Gasteiger partial charge >= 0.3 is 0 Å². The van der Waals surface area contributed by atoms with Crippen molar-refractivity contribution in [1.29, 1.82) is 0 Å². The van der Waals surface area contributed by atoms with Crippen molar-refractivity contribution in [3.8, 4) is 0 Å². The van der Waals surface area contributed by atoms with Gasteiger partial charge in [-0.1, -0.05) is 6.92 Å². The van der Waals surface area contributed by atoms with Gasteiger partial charge in [-0.2, -0.15) is 4.31 Å². The van der Waals surface area contributed by atoms with Gasteiger partial charge in [-0.25, -0.2) is 13.4 Å². The fraction of sp³-hybridized carbons (Fsp3) is 0.692. The molecule has 1 aromatic rings. The summed E-state index contributed by atoms with van der Waals surface area (Å²) in [6.45, 7) is 3.07. The molecule has 1 fully saturated rings. The first kappa shape index (κ1) is 16.1. The smallest absolute Gasteiger partial charge is 0.250 e. The Morgan fingerprint density at radius 3 is 3.05 bits per heavy atom. The number of aryl methyl sites for hydroxylation is 1. The quantitative estimate of drug-likeness (QED) is 0.806. The third-order valence-corrected chi connectivity index (χ3v) is 5.46. The van der Waals surface area contributed by atoms with Crippen LogP contribution in [-0.2, 0) is 21.2 Å². The van der Waals surface area contributed by atoms with Crippen LogP contribution in [0, 0.1) is 0 Å². The first-order valence-electron chi connectivity index (χ1n) is 7.14. The fourth-order valence-electron chi connectivity index (χ4n) is 2.36. The molecule has 1 aliphatic heterocycles. The molecule has 8 heteroatoms. The van der Waals surface area contributed by atoms with Crippen LogP contribution in [0.2, 0.25) is 0 Å². The van der Waals surface area contributed by atoms with E-state index in [1.165, 1.54) is 16.7 Å². The number of H-pyrrole nitrogens is 1. The number of ether oxygens (including phenoxy) is 1. The van der Waals surface area contributed by atoms with Crippen LogP contribution in [0.5, 0.6) is 0 Å². The van der Waals surface area contributed by atoms with E-state index in [-0.39, 0.29) is 17.4 Å². The van der Waals surface area contributed by atoms with E-state index in [1.807, 2.05) is 6.92 Å². The van der Waals surface area contributed by atoms with Gasteiger partial charge < -0.3 is 9.72 Å². The van der Waals surface area contributed by atoms with Gasteiger partial charge in [0.05, 0.1) is 24.8 Å². The molecule has 118 valence electrons. The normalized spacial score (nSPS) is 20.5. The lowest BCUT2D eigenvalue weighted by Gasteiger charge is -2.32. The molecular weight excluding hydrogens is 294 g/mol. The largest absolute Gasteiger partial charge is 0.375 e. The van der Waals surface area contributed by atoms with Crippen LogP contribution >= 0.6 is 0 Å². The van der Waals surface area contributed by atoms with Gasteiger partial charge in [0.25, 0.3) is 5.56 Å². The Hall–Kier alpha value is -1.25. The van der Waals surface area contributed by atoms with Crippen LogP contribution in [0.15, 0.2) is 17.2 Å². The van der Waals surface area contributed by atoms with Crippen molar-refractivity contribution in [3.63, 3.8) is 0 Å². The van der Waals surface area contributed by atoms with E-state index in [4.69, 9.17) is 4.74 Å². The Labute approximate surface area is 124 Å². The maximum absolute atomic E-state index is 12.1. The zero-order valence-electron chi connectivity index (χ0n) is 12.1. The summed E-state index contributed by atoms with van der Waals surface area (Å²) in [6, 6.07) is 1.45. The molecular formula is C13H21N3O4S. The molecule has 0 aromatic carbocycles. The topological polar surface area (TPSA) is 92.4 Å². The van der Waals surface area contributed by atoms with Gasteiger partial charge in [0.1, 0.15) is 0 Å². The molecule has 0 spiro atoms. The summed E-state index contributed by atoms with van der Waals surface area (Å²) in [5.41, 5.74) is 0.507. The van der Waals surface area contributed by atoms with Crippen LogP contribution < -0.4 is 5.56 Å². The number of morpholine rings is 1. The highest BCUT2D eigenvalue weighted by atomic mass is 32.2. The molecule has 0 radical (unpaired) electrons. The van der Waals surface area contributed by atoms with Gasteiger partial charge in [-0.3, -0.25) is 4.79 Å². The highest BCUT2D eigenvalue weighted by Gasteiger charge is 2.28. The summed E-state index contributed by atoms with van der Waals surface area (Å²) in [4.78, 5) is 17.7. The van der Waals surface area contributed by atoms with Crippen LogP contribution in [-0.4, -0.2) is 54.2 Å². The number of nitrogens with one attached hydrogen (secondary N) is 1. The van der Waals surface area contributed by atoms with Crippen molar-refractivity contribution in [3.05, 3.63) is 28.4 Å². The van der Waals surface area contributed by atoms with Crippen molar-refractivity contribution < 1.29 is 13.2 Å². The minimum Gasteiger partial charge on any atom is -0.375 e. The van der Waals surface area contributed by atoms with Crippen LogP contribution in [0.25, 0.3) is 0 Å². The monoisotopic (exact) mass is 315 g/mol. The average Bonchev–Trinajstić information content (AvgIpc) is 2.45. The van der Waals surface area contributed by atoms with E-state index in [9.17, 15) is 13.2 Å². The number of hydrogen-bond acceptors (Lipinski definition) is 5. The fourth-order valence-corrected chi connectivity index (χ4v) is 3.88. The maximum atomic E-state index is 12.1. The van der Waals surface area contributed by atoms with Gasteiger partial charge in [0.15, 0.2) is 0 Å². The van der Waals surface area contributed by atoms with Gasteiger partial charge in [-0.05, 0) is 19.3 Å². The first-order chi connectivity index (χ1) is 10.0. The zero-order chi connectivity index (χ0) is 15.3. The van der Waals surface area contributed by atoms with Crippen molar-refractivity contribution in [2.75, 3.05) is 25.4 Å². The SMILES string of the molecule is CCCS(=O)(=O)N1CCOC(CCc2cc(=O)[nH]cn2)C1. The predicted octanol–water partition coefficient (Wildman–Crippen LogP) is 0.143. The Morgan fingerprint density at radius 1 is 1.52 bits per heavy atom. The summed E-state index contributed by atoms with van der Waals surface area (Å²) >= 11 is 0. The molecule has 2 heterocycles. The Bertz CT molecular complexity index is 614. The molecule has 1 unspecified atom stereocenters. The minimum atomic E-state index is -3.17. The number of rotatable bonds is 6. The summed E-state index contributed by atoms with van der Waals surface area (Å²) in [5, 5.41) is 0. The average molecular weight is 315 g/mol. The molecule has 1 saturated heterocycles. The first-order valence-corrected chi connectivity index (χ1v) is 8.75. The number of nitrogens with zero attached hydrogens (tertiary/aromatic N) is 2. The second-order valence-electron chi connectivity index (χ2n) is 5.11. The third-order valence-electron chi connectivity index (χ3n) is 3.41. The predicted molar refractivity (Wildman–Crippen MR) is 78.6 cm³/mol. The molecule has 0 saturated carbocycles. The third kappa shape index (κ3) is 4.62. The standard InChI is InChI=1S/C13H21N3O4S/c1-2-7-21(18,19)16-5-6-20-12(9-16)4-3-11-8-13(17)15-10-14-11/h8,10,12H,2-7,9H2,1H3,(H,14,15,17). The summed E-state index contributed by atoms with van der Waals surface area (Å²) < 4.78 is 31.2. The summed E-state index contributed by atoms with van der Waals surface area (Å²) in [5.74, 6) is 0.176. The molecule has 1 aromatic heterocycles. The second-order valence-corrected chi connectivity index (χ2v) is 7.20. The van der Waals surface area contributed by atoms with E-state index in [1.54, 1.807) is 0 Å². The molecule has 21 heavy (non-hydrogen) atoms. The highest BCUT2D eigenvalue weighted by Crippen LogP contribution is 2.15. The minimum absolute atomic E-state index is 0.147. The molecule has 0 amide bonds. The van der Waals surface area contributed by atoms with E-state index in [0.29, 0.717) is 44.7 Å². The van der Waals surface area contributed by atoms with Crippen LogP contribution in [0.4, 0.5) is 0 Å². The van der Waals surface area contributed by atoms with Crippen molar-refractivity contribution >= 4 is 10.0 Å². The van der Waals surface area contributed by atoms with Crippen molar-refractivity contribution in [2.24, 2.45) is 0 Å². The van der Waals surface area contributed by atoms with Gasteiger partial charge in [-0.15, -0.1) is 0 Å². The molecule has 0 aliphatic carbocycles. The van der Waals surface area contributed by atoms with E-state index >= 15 is 0 Å². The Morgan fingerprint density at radius 2 is 2.33 bits per heavy atom.